The Bertz CT molecular complexity index is 993. The van der Waals surface area contributed by atoms with E-state index in [0.29, 0.717) is 5.16 Å². The molecule has 0 bridgehead atoms. The van der Waals surface area contributed by atoms with Crippen molar-refractivity contribution in [2.45, 2.75) is 10.4 Å². The molecule has 5 nitrogen and oxygen atoms in total. The minimum atomic E-state index is -0.498. The molecule has 0 aliphatic carbocycles. The molecule has 0 fully saturated rings. The number of thioether (sulfide) groups is 1. The van der Waals surface area contributed by atoms with Crippen LogP contribution in [0.1, 0.15) is 10.8 Å². The van der Waals surface area contributed by atoms with Crippen molar-refractivity contribution in [2.75, 3.05) is 0 Å². The summed E-state index contributed by atoms with van der Waals surface area (Å²) in [5, 5.41) is 8.63. The van der Waals surface area contributed by atoms with Crippen LogP contribution in [0.25, 0.3) is 15.2 Å². The molecule has 0 saturated heterocycles. The van der Waals surface area contributed by atoms with Gasteiger partial charge in [-0.25, -0.2) is 0 Å². The fourth-order valence-corrected chi connectivity index (χ4v) is 4.48. The number of para-hydroxylation sites is 1. The molecule has 2 aromatic heterocycles. The highest BCUT2D eigenvalue weighted by molar-refractivity contribution is 8.00. The van der Waals surface area contributed by atoms with Gasteiger partial charge in [0, 0.05) is 0 Å². The van der Waals surface area contributed by atoms with Crippen LogP contribution in [0.2, 0.25) is 0 Å². The van der Waals surface area contributed by atoms with Gasteiger partial charge < -0.3 is 5.73 Å². The molecule has 0 aliphatic rings. The summed E-state index contributed by atoms with van der Waals surface area (Å²) >= 11 is 2.90. The number of primary amides is 1. The maximum atomic E-state index is 11.9. The zero-order valence-electron chi connectivity index (χ0n) is 11.9. The average Bonchev–Trinajstić information content (AvgIpc) is 3.12. The van der Waals surface area contributed by atoms with E-state index >= 15 is 0 Å². The highest BCUT2D eigenvalue weighted by Gasteiger charge is 2.23. The average molecular weight is 340 g/mol. The molecule has 2 aromatic carbocycles. The van der Waals surface area contributed by atoms with Gasteiger partial charge in [0.25, 0.3) is 0 Å². The van der Waals surface area contributed by atoms with Gasteiger partial charge in [0.1, 0.15) is 5.25 Å². The van der Waals surface area contributed by atoms with Gasteiger partial charge in [0.15, 0.2) is 5.16 Å². The first-order valence-electron chi connectivity index (χ1n) is 6.97. The molecule has 1 atom stereocenters. The van der Waals surface area contributed by atoms with Crippen molar-refractivity contribution in [3.05, 3.63) is 60.2 Å². The zero-order valence-corrected chi connectivity index (χ0v) is 13.6. The van der Waals surface area contributed by atoms with Gasteiger partial charge in [-0.3, -0.25) is 9.20 Å². The van der Waals surface area contributed by atoms with Gasteiger partial charge in [-0.2, -0.15) is 0 Å². The molecular weight excluding hydrogens is 328 g/mol. The fourth-order valence-electron chi connectivity index (χ4n) is 2.46. The van der Waals surface area contributed by atoms with Gasteiger partial charge in [-0.1, -0.05) is 65.6 Å². The number of hydrogen-bond donors (Lipinski definition) is 1. The van der Waals surface area contributed by atoms with Gasteiger partial charge in [0.05, 0.1) is 10.2 Å². The normalized spacial score (nSPS) is 12.7. The lowest BCUT2D eigenvalue weighted by Crippen LogP contribution is -2.19. The second kappa shape index (κ2) is 5.68. The molecule has 2 heterocycles. The molecule has 0 spiro atoms. The molecule has 0 aliphatic heterocycles. The summed E-state index contributed by atoms with van der Waals surface area (Å²) in [4.78, 5) is 12.7. The minimum Gasteiger partial charge on any atom is -0.368 e. The maximum absolute atomic E-state index is 11.9. The van der Waals surface area contributed by atoms with E-state index in [4.69, 9.17) is 5.73 Å². The van der Waals surface area contributed by atoms with E-state index in [9.17, 15) is 4.79 Å². The summed E-state index contributed by atoms with van der Waals surface area (Å²) < 4.78 is 3.11. The Morgan fingerprint density at radius 1 is 1.09 bits per heavy atom. The number of rotatable bonds is 4. The van der Waals surface area contributed by atoms with Crippen LogP contribution in [-0.4, -0.2) is 20.5 Å². The Hall–Kier alpha value is -2.38. The Morgan fingerprint density at radius 3 is 2.61 bits per heavy atom. The largest absolute Gasteiger partial charge is 0.368 e. The SMILES string of the molecule is NC(=O)[C@@H](Sc1nnc2sc3ccccc3n12)c1ccccc1. The van der Waals surface area contributed by atoms with Crippen molar-refractivity contribution in [3.63, 3.8) is 0 Å². The molecule has 4 rings (SSSR count). The summed E-state index contributed by atoms with van der Waals surface area (Å²) in [5.41, 5.74) is 7.50. The van der Waals surface area contributed by atoms with Gasteiger partial charge >= 0.3 is 0 Å². The number of carbonyl (C=O) groups is 1. The number of thiazole rings is 1. The first kappa shape index (κ1) is 14.2. The van der Waals surface area contributed by atoms with E-state index < -0.39 is 11.2 Å². The van der Waals surface area contributed by atoms with Crippen LogP contribution in [0, 0.1) is 0 Å². The topological polar surface area (TPSA) is 73.3 Å². The first-order valence-corrected chi connectivity index (χ1v) is 8.67. The van der Waals surface area contributed by atoms with E-state index in [-0.39, 0.29) is 0 Å². The summed E-state index contributed by atoms with van der Waals surface area (Å²) in [6.07, 6.45) is 0. The number of fused-ring (bicyclic) bond motifs is 3. The summed E-state index contributed by atoms with van der Waals surface area (Å²) in [5.74, 6) is -0.391. The third kappa shape index (κ3) is 2.47. The van der Waals surface area contributed by atoms with Crippen LogP contribution < -0.4 is 5.73 Å². The standard InChI is InChI=1S/C16H12N4OS2/c17-14(21)13(10-6-2-1-3-7-10)23-16-19-18-15-20(16)11-8-4-5-9-12(11)22-15/h1-9,13H,(H2,17,21)/t13-/m0/s1. The summed E-state index contributed by atoms with van der Waals surface area (Å²) in [6.45, 7) is 0. The number of benzene rings is 2. The van der Waals surface area contributed by atoms with Gasteiger partial charge in [0.2, 0.25) is 10.9 Å². The van der Waals surface area contributed by atoms with Crippen LogP contribution in [0.3, 0.4) is 0 Å². The minimum absolute atomic E-state index is 0.391. The summed E-state index contributed by atoms with van der Waals surface area (Å²) in [6, 6.07) is 17.5. The highest BCUT2D eigenvalue weighted by atomic mass is 32.2. The predicted molar refractivity (Wildman–Crippen MR) is 92.6 cm³/mol. The van der Waals surface area contributed by atoms with E-state index in [2.05, 4.69) is 10.2 Å². The van der Waals surface area contributed by atoms with E-state index in [1.165, 1.54) is 11.8 Å². The molecule has 4 aromatic rings. The molecule has 0 saturated carbocycles. The second-order valence-corrected chi connectivity index (χ2v) is 7.06. The van der Waals surface area contributed by atoms with Crippen LogP contribution >= 0.6 is 23.1 Å². The van der Waals surface area contributed by atoms with E-state index in [1.54, 1.807) is 11.3 Å². The van der Waals surface area contributed by atoms with Crippen molar-refractivity contribution in [3.8, 4) is 0 Å². The molecule has 0 radical (unpaired) electrons. The lowest BCUT2D eigenvalue weighted by Gasteiger charge is -2.11. The van der Waals surface area contributed by atoms with E-state index in [1.807, 2.05) is 59.0 Å². The van der Waals surface area contributed by atoms with Gasteiger partial charge in [-0.15, -0.1) is 10.2 Å². The lowest BCUT2D eigenvalue weighted by molar-refractivity contribution is -0.117. The Labute approximate surface area is 140 Å². The van der Waals surface area contributed by atoms with Crippen molar-refractivity contribution < 1.29 is 4.79 Å². The van der Waals surface area contributed by atoms with Crippen LogP contribution in [0.4, 0.5) is 0 Å². The number of nitrogens with two attached hydrogens (primary N) is 1. The maximum Gasteiger partial charge on any atom is 0.235 e. The van der Waals surface area contributed by atoms with Gasteiger partial charge in [-0.05, 0) is 17.7 Å². The molecule has 7 heteroatoms. The Morgan fingerprint density at radius 2 is 1.83 bits per heavy atom. The zero-order chi connectivity index (χ0) is 15.8. The first-order chi connectivity index (χ1) is 11.2. The number of aromatic nitrogens is 3. The number of hydrogen-bond acceptors (Lipinski definition) is 5. The third-order valence-corrected chi connectivity index (χ3v) is 5.72. The number of nitrogens with zero attached hydrogens (tertiary/aromatic N) is 3. The third-order valence-electron chi connectivity index (χ3n) is 3.50. The second-order valence-electron chi connectivity index (χ2n) is 4.98. The quantitative estimate of drug-likeness (QED) is 0.579. The Kier molecular flexibility index (Phi) is 3.51. The number of carbonyl (C=O) groups excluding carboxylic acids is 1. The lowest BCUT2D eigenvalue weighted by atomic mass is 10.1. The van der Waals surface area contributed by atoms with Crippen LogP contribution in [0.15, 0.2) is 59.8 Å². The van der Waals surface area contributed by atoms with Crippen molar-refractivity contribution in [2.24, 2.45) is 5.73 Å². The van der Waals surface area contributed by atoms with Crippen molar-refractivity contribution in [1.82, 2.24) is 14.6 Å². The van der Waals surface area contributed by atoms with Crippen molar-refractivity contribution >= 4 is 44.2 Å². The number of amides is 1. The summed E-state index contributed by atoms with van der Waals surface area (Å²) in [7, 11) is 0. The van der Waals surface area contributed by atoms with E-state index in [0.717, 1.165) is 20.7 Å². The molecule has 0 unspecified atom stereocenters. The fraction of sp³-hybridized carbons (Fsp3) is 0.0625. The molecule has 23 heavy (non-hydrogen) atoms. The molecule has 114 valence electrons. The smallest absolute Gasteiger partial charge is 0.235 e. The molecular formula is C16H12N4OS2. The monoisotopic (exact) mass is 340 g/mol. The molecule has 2 N–H and O–H groups in total. The van der Waals surface area contributed by atoms with Crippen LogP contribution in [0.5, 0.6) is 0 Å². The van der Waals surface area contributed by atoms with Crippen molar-refractivity contribution in [1.29, 1.82) is 0 Å². The Balaban J connectivity index is 1.81. The highest BCUT2D eigenvalue weighted by Crippen LogP contribution is 2.37. The van der Waals surface area contributed by atoms with Crippen LogP contribution in [-0.2, 0) is 4.79 Å². The molecule has 1 amide bonds. The predicted octanol–water partition coefficient (Wildman–Crippen LogP) is 3.26.